The molecule has 112 valence electrons. The van der Waals surface area contributed by atoms with Gasteiger partial charge >= 0.3 is 0 Å². The van der Waals surface area contributed by atoms with Crippen molar-refractivity contribution in [2.75, 3.05) is 6.54 Å². The SMILES string of the molecule is O=S(=O)(c1cc(CCl)sc1Br)N1CCc2ccccc2C1. The highest BCUT2D eigenvalue weighted by molar-refractivity contribution is 9.11. The Hall–Kier alpha value is -0.400. The predicted octanol–water partition coefficient (Wildman–Crippen LogP) is 4.00. The minimum atomic E-state index is -3.49. The van der Waals surface area contributed by atoms with E-state index in [2.05, 4.69) is 22.0 Å². The fourth-order valence-corrected chi connectivity index (χ4v) is 6.60. The molecule has 7 heteroatoms. The number of alkyl halides is 1. The van der Waals surface area contributed by atoms with Crippen LogP contribution in [0.1, 0.15) is 16.0 Å². The van der Waals surface area contributed by atoms with E-state index in [0.29, 0.717) is 27.7 Å². The molecule has 0 N–H and O–H groups in total. The normalized spacial score (nSPS) is 15.9. The molecule has 3 nitrogen and oxygen atoms in total. The Labute approximate surface area is 141 Å². The van der Waals surface area contributed by atoms with Gasteiger partial charge in [0, 0.05) is 18.0 Å². The van der Waals surface area contributed by atoms with Crippen LogP contribution in [0.15, 0.2) is 39.0 Å². The topological polar surface area (TPSA) is 37.4 Å². The molecule has 0 fully saturated rings. The molecule has 1 aliphatic rings. The second-order valence-electron chi connectivity index (χ2n) is 4.84. The van der Waals surface area contributed by atoms with Crippen molar-refractivity contribution in [2.45, 2.75) is 23.7 Å². The first kappa shape index (κ1) is 15.5. The minimum Gasteiger partial charge on any atom is -0.207 e. The summed E-state index contributed by atoms with van der Waals surface area (Å²) in [5.74, 6) is 0.321. The Balaban J connectivity index is 1.95. The van der Waals surface area contributed by atoms with Gasteiger partial charge in [-0.1, -0.05) is 24.3 Å². The summed E-state index contributed by atoms with van der Waals surface area (Å²) in [6, 6.07) is 9.65. The highest BCUT2D eigenvalue weighted by Gasteiger charge is 2.30. The van der Waals surface area contributed by atoms with Gasteiger partial charge in [0.2, 0.25) is 10.0 Å². The van der Waals surface area contributed by atoms with Gasteiger partial charge in [-0.25, -0.2) is 8.42 Å². The minimum absolute atomic E-state index is 0.321. The molecular weight excluding hydrogens is 394 g/mol. The number of benzene rings is 1. The Kier molecular flexibility index (Phi) is 4.43. The molecule has 1 aliphatic heterocycles. The molecule has 21 heavy (non-hydrogen) atoms. The molecule has 2 aromatic rings. The zero-order valence-corrected chi connectivity index (χ0v) is 15.0. The molecule has 0 aliphatic carbocycles. The van der Waals surface area contributed by atoms with Crippen molar-refractivity contribution >= 4 is 48.9 Å². The molecule has 0 unspecified atom stereocenters. The molecule has 0 atom stereocenters. The number of hydrogen-bond donors (Lipinski definition) is 0. The number of sulfonamides is 1. The number of nitrogens with zero attached hydrogens (tertiary/aromatic N) is 1. The van der Waals surface area contributed by atoms with Gasteiger partial charge in [0.05, 0.1) is 9.67 Å². The van der Waals surface area contributed by atoms with Gasteiger partial charge in [-0.05, 0) is 39.5 Å². The Morgan fingerprint density at radius 1 is 1.29 bits per heavy atom. The van der Waals surface area contributed by atoms with E-state index in [-0.39, 0.29) is 0 Å². The highest BCUT2D eigenvalue weighted by Crippen LogP contribution is 2.35. The summed E-state index contributed by atoms with van der Waals surface area (Å²) in [6.07, 6.45) is 0.750. The summed E-state index contributed by atoms with van der Waals surface area (Å²) in [4.78, 5) is 1.17. The Bertz CT molecular complexity index is 773. The predicted molar refractivity (Wildman–Crippen MR) is 89.3 cm³/mol. The van der Waals surface area contributed by atoms with Crippen LogP contribution in [0.4, 0.5) is 0 Å². The first-order valence-corrected chi connectivity index (χ1v) is 10.0. The fourth-order valence-electron chi connectivity index (χ4n) is 2.45. The van der Waals surface area contributed by atoms with Gasteiger partial charge in [0.25, 0.3) is 0 Å². The lowest BCUT2D eigenvalue weighted by atomic mass is 10.0. The third kappa shape index (κ3) is 2.92. The average molecular weight is 407 g/mol. The summed E-state index contributed by atoms with van der Waals surface area (Å²) in [5.41, 5.74) is 2.31. The van der Waals surface area contributed by atoms with E-state index in [9.17, 15) is 8.42 Å². The molecule has 1 aromatic heterocycles. The van der Waals surface area contributed by atoms with E-state index in [1.165, 1.54) is 16.9 Å². The molecule has 3 rings (SSSR count). The highest BCUT2D eigenvalue weighted by atomic mass is 79.9. The fraction of sp³-hybridized carbons (Fsp3) is 0.286. The molecule has 0 amide bonds. The second-order valence-corrected chi connectivity index (χ2v) is 9.47. The maximum Gasteiger partial charge on any atom is 0.245 e. The van der Waals surface area contributed by atoms with Crippen LogP contribution in [0.3, 0.4) is 0 Å². The largest absolute Gasteiger partial charge is 0.245 e. The van der Waals surface area contributed by atoms with Crippen LogP contribution < -0.4 is 0 Å². The van der Waals surface area contributed by atoms with Crippen LogP contribution in [0.5, 0.6) is 0 Å². The first-order chi connectivity index (χ1) is 10.0. The molecular formula is C14H13BrClNO2S2. The van der Waals surface area contributed by atoms with Crippen LogP contribution >= 0.6 is 38.9 Å². The smallest absolute Gasteiger partial charge is 0.207 e. The standard InChI is InChI=1S/C14H13BrClNO2S2/c15-14-13(7-12(8-16)20-14)21(18,19)17-6-5-10-3-1-2-4-11(10)9-17/h1-4,7H,5-6,8-9H2. The average Bonchev–Trinajstić information content (AvgIpc) is 2.88. The van der Waals surface area contributed by atoms with E-state index in [0.717, 1.165) is 16.9 Å². The van der Waals surface area contributed by atoms with Gasteiger partial charge in [-0.3, -0.25) is 0 Å². The number of hydrogen-bond acceptors (Lipinski definition) is 3. The molecule has 0 saturated heterocycles. The van der Waals surface area contributed by atoms with Crippen LogP contribution in [-0.4, -0.2) is 19.3 Å². The van der Waals surface area contributed by atoms with Crippen LogP contribution in [0.25, 0.3) is 0 Å². The van der Waals surface area contributed by atoms with E-state index >= 15 is 0 Å². The summed E-state index contributed by atoms with van der Waals surface area (Å²) in [6.45, 7) is 0.939. The lowest BCUT2D eigenvalue weighted by molar-refractivity contribution is 0.391. The van der Waals surface area contributed by atoms with Crippen molar-refractivity contribution < 1.29 is 8.42 Å². The van der Waals surface area contributed by atoms with Crippen molar-refractivity contribution in [3.63, 3.8) is 0 Å². The lowest BCUT2D eigenvalue weighted by Gasteiger charge is -2.27. The van der Waals surface area contributed by atoms with Crippen molar-refractivity contribution in [2.24, 2.45) is 0 Å². The van der Waals surface area contributed by atoms with E-state index in [1.807, 2.05) is 18.2 Å². The van der Waals surface area contributed by atoms with Gasteiger partial charge < -0.3 is 0 Å². The van der Waals surface area contributed by atoms with E-state index in [4.69, 9.17) is 11.6 Å². The number of fused-ring (bicyclic) bond motifs is 1. The molecule has 0 spiro atoms. The molecule has 0 radical (unpaired) electrons. The van der Waals surface area contributed by atoms with Gasteiger partial charge in [0.15, 0.2) is 0 Å². The zero-order valence-electron chi connectivity index (χ0n) is 11.1. The van der Waals surface area contributed by atoms with Crippen LogP contribution in [0.2, 0.25) is 0 Å². The number of thiophene rings is 1. The Morgan fingerprint density at radius 2 is 2.00 bits per heavy atom. The summed E-state index contributed by atoms with van der Waals surface area (Å²) in [7, 11) is -3.49. The molecule has 0 saturated carbocycles. The molecule has 0 bridgehead atoms. The maximum atomic E-state index is 12.8. The van der Waals surface area contributed by atoms with Crippen molar-refractivity contribution in [1.82, 2.24) is 4.31 Å². The van der Waals surface area contributed by atoms with Crippen LogP contribution in [0, 0.1) is 0 Å². The number of rotatable bonds is 3. The second kappa shape index (κ2) is 6.01. The monoisotopic (exact) mass is 405 g/mol. The third-order valence-corrected chi connectivity index (χ3v) is 8.10. The van der Waals surface area contributed by atoms with E-state index in [1.54, 1.807) is 10.4 Å². The summed E-state index contributed by atoms with van der Waals surface area (Å²) < 4.78 is 27.8. The van der Waals surface area contributed by atoms with Crippen molar-refractivity contribution in [3.8, 4) is 0 Å². The van der Waals surface area contributed by atoms with Crippen molar-refractivity contribution in [1.29, 1.82) is 0 Å². The molecule has 1 aromatic carbocycles. The zero-order chi connectivity index (χ0) is 15.0. The van der Waals surface area contributed by atoms with Gasteiger partial charge in [-0.15, -0.1) is 22.9 Å². The van der Waals surface area contributed by atoms with Gasteiger partial charge in [0.1, 0.15) is 4.90 Å². The van der Waals surface area contributed by atoms with Crippen molar-refractivity contribution in [3.05, 3.63) is 50.1 Å². The number of halogens is 2. The molecule has 2 heterocycles. The Morgan fingerprint density at radius 3 is 2.67 bits per heavy atom. The van der Waals surface area contributed by atoms with E-state index < -0.39 is 10.0 Å². The van der Waals surface area contributed by atoms with Crippen LogP contribution in [-0.2, 0) is 28.9 Å². The maximum absolute atomic E-state index is 12.8. The van der Waals surface area contributed by atoms with Gasteiger partial charge in [-0.2, -0.15) is 4.31 Å². The first-order valence-electron chi connectivity index (χ1n) is 6.43. The quantitative estimate of drug-likeness (QED) is 0.723. The lowest BCUT2D eigenvalue weighted by Crippen LogP contribution is -2.35. The summed E-state index contributed by atoms with van der Waals surface area (Å²) >= 11 is 10.5. The third-order valence-electron chi connectivity index (χ3n) is 3.55. The summed E-state index contributed by atoms with van der Waals surface area (Å²) in [5, 5.41) is 0.